The average Bonchev–Trinajstić information content (AvgIpc) is 3.36. The van der Waals surface area contributed by atoms with Crippen molar-refractivity contribution in [1.82, 2.24) is 4.90 Å². The molecule has 1 aliphatic heterocycles. The summed E-state index contributed by atoms with van der Waals surface area (Å²) in [6, 6.07) is 6.81. The molecule has 15 nitrogen and oxygen atoms in total. The van der Waals surface area contributed by atoms with E-state index in [9.17, 15) is 9.59 Å². The standard InChI is InChI=1S/C34H55NO14/c1-2-38-9-10-40-13-14-42-17-18-44-21-22-46-25-26-48-29-30-49-28-27-47-24-23-45-20-19-43-16-15-41-12-11-39-8-7-35-33(36)31-5-3-4-6-32(31)34(35)37/h2-6H,1,7-30H2. The van der Waals surface area contributed by atoms with Crippen LogP contribution in [0.3, 0.4) is 0 Å². The van der Waals surface area contributed by atoms with Crippen molar-refractivity contribution in [3.63, 3.8) is 0 Å². The first-order chi connectivity index (χ1) is 24.3. The van der Waals surface area contributed by atoms with Gasteiger partial charge < -0.3 is 56.8 Å². The summed E-state index contributed by atoms with van der Waals surface area (Å²) in [5.41, 5.74) is 0.881. The highest BCUT2D eigenvalue weighted by Gasteiger charge is 2.34. The molecule has 0 unspecified atom stereocenters. The highest BCUT2D eigenvalue weighted by atomic mass is 16.6. The van der Waals surface area contributed by atoms with Crippen molar-refractivity contribution < 1.29 is 66.4 Å². The van der Waals surface area contributed by atoms with Gasteiger partial charge in [0.1, 0.15) is 6.61 Å². The van der Waals surface area contributed by atoms with Gasteiger partial charge in [-0.1, -0.05) is 18.7 Å². The van der Waals surface area contributed by atoms with E-state index in [1.807, 2.05) is 0 Å². The molecule has 0 radical (unpaired) electrons. The van der Waals surface area contributed by atoms with Gasteiger partial charge in [-0.25, -0.2) is 0 Å². The SMILES string of the molecule is C=COCCOCCOCCOCCOCCOCCOCCOCCOCCOCCOCCOCCN1C(=O)c2ccccc2C1=O. The van der Waals surface area contributed by atoms with Gasteiger partial charge in [0.2, 0.25) is 0 Å². The Morgan fingerprint density at radius 1 is 0.408 bits per heavy atom. The van der Waals surface area contributed by atoms with Gasteiger partial charge in [0, 0.05) is 0 Å². The van der Waals surface area contributed by atoms with Gasteiger partial charge in [-0.05, 0) is 12.1 Å². The third-order valence-electron chi connectivity index (χ3n) is 6.52. The highest BCUT2D eigenvalue weighted by molar-refractivity contribution is 6.21. The molecule has 0 N–H and O–H groups in total. The van der Waals surface area contributed by atoms with Crippen LogP contribution in [0.1, 0.15) is 20.7 Å². The number of imide groups is 1. The molecule has 0 aliphatic carbocycles. The van der Waals surface area contributed by atoms with Crippen LogP contribution in [-0.2, 0) is 56.8 Å². The lowest BCUT2D eigenvalue weighted by Crippen LogP contribution is -2.33. The zero-order chi connectivity index (χ0) is 34.9. The van der Waals surface area contributed by atoms with Crippen LogP contribution in [0.25, 0.3) is 0 Å². The molecule has 1 aromatic rings. The molecule has 0 aromatic heterocycles. The Morgan fingerprint density at radius 3 is 0.918 bits per heavy atom. The Labute approximate surface area is 289 Å². The first kappa shape index (κ1) is 42.6. The molecule has 0 fully saturated rings. The topological polar surface area (TPSA) is 148 Å². The minimum Gasteiger partial charge on any atom is -0.499 e. The normalized spacial score (nSPS) is 12.6. The Bertz CT molecular complexity index is 934. The fourth-order valence-electron chi connectivity index (χ4n) is 4.09. The molecule has 1 aromatic carbocycles. The summed E-state index contributed by atoms with van der Waals surface area (Å²) in [5.74, 6) is -0.558. The summed E-state index contributed by atoms with van der Waals surface area (Å²) in [6.07, 6.45) is 1.39. The zero-order valence-electron chi connectivity index (χ0n) is 28.7. The molecule has 0 atom stereocenters. The van der Waals surface area contributed by atoms with Crippen LogP contribution >= 0.6 is 0 Å². The molecular formula is C34H55NO14. The lowest BCUT2D eigenvalue weighted by Gasteiger charge is -2.13. The molecule has 0 saturated heterocycles. The number of fused-ring (bicyclic) bond motifs is 1. The maximum absolute atomic E-state index is 12.3. The number of carbonyl (C=O) groups is 2. The predicted molar refractivity (Wildman–Crippen MR) is 177 cm³/mol. The molecule has 1 heterocycles. The van der Waals surface area contributed by atoms with E-state index in [-0.39, 0.29) is 25.0 Å². The van der Waals surface area contributed by atoms with Crippen LogP contribution < -0.4 is 0 Å². The summed E-state index contributed by atoms with van der Waals surface area (Å²) in [5, 5.41) is 0. The number of rotatable bonds is 37. The van der Waals surface area contributed by atoms with E-state index in [1.165, 1.54) is 11.2 Å². The van der Waals surface area contributed by atoms with Crippen molar-refractivity contribution in [2.24, 2.45) is 0 Å². The van der Waals surface area contributed by atoms with E-state index in [2.05, 4.69) is 6.58 Å². The van der Waals surface area contributed by atoms with Gasteiger partial charge in [-0.15, -0.1) is 0 Å². The Kier molecular flexibility index (Phi) is 27.4. The van der Waals surface area contributed by atoms with Crippen molar-refractivity contribution in [1.29, 1.82) is 0 Å². The smallest absolute Gasteiger partial charge is 0.261 e. The Morgan fingerprint density at radius 2 is 0.653 bits per heavy atom. The molecule has 280 valence electrons. The lowest BCUT2D eigenvalue weighted by molar-refractivity contribution is -0.0279. The molecule has 0 bridgehead atoms. The Balaban J connectivity index is 1.17. The van der Waals surface area contributed by atoms with Gasteiger partial charge in [0.25, 0.3) is 11.8 Å². The number of ether oxygens (including phenoxy) is 12. The number of amides is 2. The van der Waals surface area contributed by atoms with Crippen molar-refractivity contribution in [3.8, 4) is 0 Å². The van der Waals surface area contributed by atoms with Gasteiger partial charge in [0.15, 0.2) is 0 Å². The Hall–Kier alpha value is -2.54. The van der Waals surface area contributed by atoms with Crippen LogP contribution in [0.5, 0.6) is 0 Å². The molecule has 15 heteroatoms. The predicted octanol–water partition coefficient (Wildman–Crippen LogP) is 1.63. The summed E-state index contributed by atoms with van der Waals surface area (Å²) >= 11 is 0. The minimum atomic E-state index is -0.279. The van der Waals surface area contributed by atoms with E-state index < -0.39 is 0 Å². The van der Waals surface area contributed by atoms with Crippen molar-refractivity contribution >= 4 is 11.8 Å². The molecule has 0 spiro atoms. The fraction of sp³-hybridized carbons (Fsp3) is 0.706. The molecule has 49 heavy (non-hydrogen) atoms. The summed E-state index contributed by atoms with van der Waals surface area (Å²) in [7, 11) is 0. The third-order valence-corrected chi connectivity index (χ3v) is 6.52. The van der Waals surface area contributed by atoms with Crippen LogP contribution in [0.2, 0.25) is 0 Å². The number of hydrogen-bond acceptors (Lipinski definition) is 14. The van der Waals surface area contributed by atoms with Crippen molar-refractivity contribution in [2.45, 2.75) is 0 Å². The monoisotopic (exact) mass is 701 g/mol. The second-order valence-corrected chi connectivity index (χ2v) is 10.1. The first-order valence-corrected chi connectivity index (χ1v) is 16.8. The van der Waals surface area contributed by atoms with Crippen LogP contribution in [-0.4, -0.2) is 175 Å². The zero-order valence-corrected chi connectivity index (χ0v) is 28.7. The average molecular weight is 702 g/mol. The second kappa shape index (κ2) is 31.4. The largest absolute Gasteiger partial charge is 0.499 e. The summed E-state index contributed by atoms with van der Waals surface area (Å²) in [6.45, 7) is 14.5. The van der Waals surface area contributed by atoms with Gasteiger partial charge in [-0.3, -0.25) is 14.5 Å². The summed E-state index contributed by atoms with van der Waals surface area (Å²) < 4.78 is 64.9. The van der Waals surface area contributed by atoms with E-state index in [0.717, 1.165) is 0 Å². The first-order valence-electron chi connectivity index (χ1n) is 16.8. The maximum atomic E-state index is 12.3. The molecule has 1 aliphatic rings. The second-order valence-electron chi connectivity index (χ2n) is 10.1. The van der Waals surface area contributed by atoms with E-state index in [4.69, 9.17) is 56.8 Å². The fourth-order valence-corrected chi connectivity index (χ4v) is 4.09. The minimum absolute atomic E-state index is 0.213. The van der Waals surface area contributed by atoms with Gasteiger partial charge >= 0.3 is 0 Å². The van der Waals surface area contributed by atoms with Crippen molar-refractivity contribution in [3.05, 3.63) is 48.2 Å². The number of nitrogens with zero attached hydrogens (tertiary/aromatic N) is 1. The van der Waals surface area contributed by atoms with Gasteiger partial charge in [0.05, 0.1) is 169 Å². The van der Waals surface area contributed by atoms with E-state index in [0.29, 0.717) is 156 Å². The number of benzene rings is 1. The molecule has 0 saturated carbocycles. The summed E-state index contributed by atoms with van der Waals surface area (Å²) in [4.78, 5) is 25.8. The number of carbonyl (C=O) groups excluding carboxylic acids is 2. The third kappa shape index (κ3) is 22.0. The number of hydrogen-bond donors (Lipinski definition) is 0. The highest BCUT2D eigenvalue weighted by Crippen LogP contribution is 2.21. The van der Waals surface area contributed by atoms with Crippen LogP contribution in [0.15, 0.2) is 37.1 Å². The van der Waals surface area contributed by atoms with Crippen molar-refractivity contribution in [2.75, 3.05) is 159 Å². The maximum Gasteiger partial charge on any atom is 0.261 e. The van der Waals surface area contributed by atoms with Crippen LogP contribution in [0, 0.1) is 0 Å². The molecular weight excluding hydrogens is 646 g/mol. The van der Waals surface area contributed by atoms with E-state index >= 15 is 0 Å². The quantitative estimate of drug-likeness (QED) is 0.0562. The van der Waals surface area contributed by atoms with Gasteiger partial charge in [-0.2, -0.15) is 0 Å². The lowest BCUT2D eigenvalue weighted by atomic mass is 10.1. The molecule has 2 rings (SSSR count). The van der Waals surface area contributed by atoms with E-state index in [1.54, 1.807) is 24.3 Å². The molecule has 2 amide bonds. The van der Waals surface area contributed by atoms with Crippen LogP contribution in [0.4, 0.5) is 0 Å².